The molecule has 1 saturated heterocycles. The molecule has 1 heterocycles. The number of carbonyl (C=O) groups is 1. The fraction of sp³-hybridized carbons (Fsp3) is 0.435. The highest BCUT2D eigenvalue weighted by Crippen LogP contribution is 2.30. The molecule has 0 aromatic heterocycles. The van der Waals surface area contributed by atoms with Gasteiger partial charge in [-0.05, 0) is 42.8 Å². The number of morpholine rings is 1. The van der Waals surface area contributed by atoms with Crippen molar-refractivity contribution in [1.82, 2.24) is 8.61 Å². The van der Waals surface area contributed by atoms with Crippen LogP contribution in [0.3, 0.4) is 0 Å². The quantitative estimate of drug-likeness (QED) is 0.533. The van der Waals surface area contributed by atoms with E-state index in [2.05, 4.69) is 5.32 Å². The van der Waals surface area contributed by atoms with Gasteiger partial charge >= 0.3 is 0 Å². The van der Waals surface area contributed by atoms with Gasteiger partial charge in [-0.15, -0.1) is 0 Å². The zero-order valence-corrected chi connectivity index (χ0v) is 21.9. The van der Waals surface area contributed by atoms with Crippen LogP contribution in [0.25, 0.3) is 0 Å². The van der Waals surface area contributed by atoms with E-state index in [4.69, 9.17) is 9.47 Å². The van der Waals surface area contributed by atoms with E-state index in [-0.39, 0.29) is 39.9 Å². The smallest absolute Gasteiger partial charge is 0.255 e. The third kappa shape index (κ3) is 5.67. The summed E-state index contributed by atoms with van der Waals surface area (Å²) in [6, 6.07) is 8.64. The second-order valence-electron chi connectivity index (χ2n) is 7.90. The number of anilines is 1. The Kier molecular flexibility index (Phi) is 8.54. The van der Waals surface area contributed by atoms with Gasteiger partial charge < -0.3 is 14.8 Å². The second kappa shape index (κ2) is 11.0. The van der Waals surface area contributed by atoms with E-state index >= 15 is 0 Å². The topological polar surface area (TPSA) is 122 Å². The number of hydrogen-bond acceptors (Lipinski definition) is 7. The SMILES string of the molecule is CCN(CC)S(=O)(=O)c1ccc(OC)c(NC(=O)c2ccc(C)c(S(=O)(=O)N3CCOCC3)c2)c1. The predicted molar refractivity (Wildman–Crippen MR) is 132 cm³/mol. The highest BCUT2D eigenvalue weighted by molar-refractivity contribution is 7.89. The van der Waals surface area contributed by atoms with Crippen molar-refractivity contribution in [2.24, 2.45) is 0 Å². The largest absolute Gasteiger partial charge is 0.495 e. The first-order valence-electron chi connectivity index (χ1n) is 11.2. The number of carbonyl (C=O) groups excluding carboxylic acids is 1. The second-order valence-corrected chi connectivity index (χ2v) is 11.7. The summed E-state index contributed by atoms with van der Waals surface area (Å²) in [6.07, 6.45) is 0. The molecule has 0 atom stereocenters. The molecule has 1 aliphatic heterocycles. The Bertz CT molecular complexity index is 1280. The van der Waals surface area contributed by atoms with Gasteiger partial charge in [0.25, 0.3) is 5.91 Å². The number of hydrogen-bond donors (Lipinski definition) is 1. The van der Waals surface area contributed by atoms with Crippen molar-refractivity contribution in [2.45, 2.75) is 30.6 Å². The van der Waals surface area contributed by atoms with E-state index in [1.54, 1.807) is 26.8 Å². The van der Waals surface area contributed by atoms with Crippen LogP contribution in [0, 0.1) is 6.92 Å². The molecule has 3 rings (SSSR count). The number of aryl methyl sites for hydroxylation is 1. The van der Waals surface area contributed by atoms with E-state index in [0.29, 0.717) is 31.9 Å². The summed E-state index contributed by atoms with van der Waals surface area (Å²) in [5, 5.41) is 2.67. The van der Waals surface area contributed by atoms with Gasteiger partial charge in [0.1, 0.15) is 5.75 Å². The van der Waals surface area contributed by atoms with Crippen LogP contribution in [0.2, 0.25) is 0 Å². The normalized spacial score (nSPS) is 15.2. The fourth-order valence-corrected chi connectivity index (χ4v) is 6.94. The van der Waals surface area contributed by atoms with Gasteiger partial charge in [-0.25, -0.2) is 16.8 Å². The maximum atomic E-state index is 13.2. The van der Waals surface area contributed by atoms with Crippen molar-refractivity contribution in [1.29, 1.82) is 0 Å². The van der Waals surface area contributed by atoms with Crippen LogP contribution in [0.5, 0.6) is 5.75 Å². The molecule has 2 aromatic carbocycles. The molecule has 2 aromatic rings. The minimum atomic E-state index is -3.81. The first-order valence-corrected chi connectivity index (χ1v) is 14.1. The van der Waals surface area contributed by atoms with Gasteiger partial charge in [-0.3, -0.25) is 4.79 Å². The number of ether oxygens (including phenoxy) is 2. The molecule has 10 nitrogen and oxygen atoms in total. The van der Waals surface area contributed by atoms with Crippen molar-refractivity contribution in [2.75, 3.05) is 51.8 Å². The third-order valence-corrected chi connectivity index (χ3v) is 9.89. The Morgan fingerprint density at radius 1 is 1.06 bits per heavy atom. The zero-order valence-electron chi connectivity index (χ0n) is 20.3. The van der Waals surface area contributed by atoms with Crippen molar-refractivity contribution in [3.05, 3.63) is 47.5 Å². The van der Waals surface area contributed by atoms with Crippen LogP contribution >= 0.6 is 0 Å². The number of amides is 1. The Hall–Kier alpha value is -2.51. The van der Waals surface area contributed by atoms with E-state index < -0.39 is 26.0 Å². The molecule has 1 aliphatic rings. The van der Waals surface area contributed by atoms with E-state index in [1.165, 1.54) is 46.1 Å². The molecule has 0 bridgehead atoms. The van der Waals surface area contributed by atoms with Gasteiger partial charge in [0, 0.05) is 31.7 Å². The van der Waals surface area contributed by atoms with E-state index in [0.717, 1.165) is 0 Å². The Morgan fingerprint density at radius 2 is 1.71 bits per heavy atom. The summed E-state index contributed by atoms with van der Waals surface area (Å²) in [4.78, 5) is 13.2. The summed E-state index contributed by atoms with van der Waals surface area (Å²) < 4.78 is 65.4. The molecule has 0 radical (unpaired) electrons. The molecular weight excluding hydrogens is 494 g/mol. The number of nitrogens with one attached hydrogen (secondary N) is 1. The molecule has 12 heteroatoms. The maximum absolute atomic E-state index is 13.2. The first kappa shape index (κ1) is 27.1. The average Bonchev–Trinajstić information content (AvgIpc) is 2.85. The van der Waals surface area contributed by atoms with Gasteiger partial charge in [-0.2, -0.15) is 8.61 Å². The van der Waals surface area contributed by atoms with Crippen LogP contribution in [0.4, 0.5) is 5.69 Å². The molecule has 35 heavy (non-hydrogen) atoms. The number of nitrogens with zero attached hydrogens (tertiary/aromatic N) is 2. The maximum Gasteiger partial charge on any atom is 0.255 e. The number of rotatable bonds is 9. The zero-order chi connectivity index (χ0) is 25.8. The highest BCUT2D eigenvalue weighted by Gasteiger charge is 2.29. The van der Waals surface area contributed by atoms with Crippen LogP contribution < -0.4 is 10.1 Å². The lowest BCUT2D eigenvalue weighted by Crippen LogP contribution is -2.40. The summed E-state index contributed by atoms with van der Waals surface area (Å²) in [7, 11) is -6.17. The highest BCUT2D eigenvalue weighted by atomic mass is 32.2. The Labute approximate surface area is 206 Å². The Morgan fingerprint density at radius 3 is 2.31 bits per heavy atom. The lowest BCUT2D eigenvalue weighted by molar-refractivity contribution is 0.0730. The Balaban J connectivity index is 1.95. The lowest BCUT2D eigenvalue weighted by atomic mass is 10.1. The summed E-state index contributed by atoms with van der Waals surface area (Å²) in [5.41, 5.74) is 0.781. The molecule has 1 fully saturated rings. The molecular formula is C23H31N3O7S2. The van der Waals surface area contributed by atoms with Crippen molar-refractivity contribution in [3.8, 4) is 5.75 Å². The molecule has 0 aliphatic carbocycles. The van der Waals surface area contributed by atoms with Crippen LogP contribution in [0.1, 0.15) is 29.8 Å². The molecule has 0 saturated carbocycles. The molecule has 1 amide bonds. The third-order valence-electron chi connectivity index (χ3n) is 5.80. The minimum absolute atomic E-state index is 0.0109. The van der Waals surface area contributed by atoms with Crippen LogP contribution in [-0.4, -0.2) is 77.9 Å². The number of methoxy groups -OCH3 is 1. The summed E-state index contributed by atoms with van der Waals surface area (Å²) in [6.45, 7) is 6.86. The molecule has 0 unspecified atom stereocenters. The minimum Gasteiger partial charge on any atom is -0.495 e. The fourth-order valence-electron chi connectivity index (χ4n) is 3.80. The van der Waals surface area contributed by atoms with Gasteiger partial charge in [-0.1, -0.05) is 19.9 Å². The predicted octanol–water partition coefficient (Wildman–Crippen LogP) is 2.31. The average molecular weight is 526 g/mol. The molecule has 0 spiro atoms. The standard InChI is InChI=1S/C23H31N3O7S2/c1-5-25(6-2)34(28,29)19-9-10-21(32-4)20(16-19)24-23(27)18-8-7-17(3)22(15-18)35(30,31)26-11-13-33-14-12-26/h7-10,15-16H,5-6,11-14H2,1-4H3,(H,24,27). The van der Waals surface area contributed by atoms with E-state index in [1.807, 2.05) is 0 Å². The van der Waals surface area contributed by atoms with Gasteiger partial charge in [0.15, 0.2) is 0 Å². The monoisotopic (exact) mass is 525 g/mol. The summed E-state index contributed by atoms with van der Waals surface area (Å²) in [5.74, 6) is -0.329. The first-order chi connectivity index (χ1) is 16.6. The lowest BCUT2D eigenvalue weighted by Gasteiger charge is -2.26. The molecule has 192 valence electrons. The number of sulfonamides is 2. The van der Waals surface area contributed by atoms with Crippen LogP contribution in [0.15, 0.2) is 46.2 Å². The van der Waals surface area contributed by atoms with Crippen molar-refractivity contribution >= 4 is 31.6 Å². The van der Waals surface area contributed by atoms with Crippen molar-refractivity contribution < 1.29 is 31.1 Å². The van der Waals surface area contributed by atoms with E-state index in [9.17, 15) is 21.6 Å². The van der Waals surface area contributed by atoms with Crippen molar-refractivity contribution in [3.63, 3.8) is 0 Å². The number of benzene rings is 2. The summed E-state index contributed by atoms with van der Waals surface area (Å²) >= 11 is 0. The van der Waals surface area contributed by atoms with Gasteiger partial charge in [0.2, 0.25) is 20.0 Å². The van der Waals surface area contributed by atoms with Gasteiger partial charge in [0.05, 0.1) is 35.8 Å². The van der Waals surface area contributed by atoms with Crippen LogP contribution in [-0.2, 0) is 24.8 Å². The molecule has 1 N–H and O–H groups in total.